The maximum absolute atomic E-state index is 12.7. The molecule has 114 valence electrons. The summed E-state index contributed by atoms with van der Waals surface area (Å²) in [6, 6.07) is 1.43. The zero-order chi connectivity index (χ0) is 15.9. The highest BCUT2D eigenvalue weighted by Gasteiger charge is 2.51. The molecular formula is C13H12F3NO4. The average Bonchev–Trinajstić information content (AvgIpc) is 2.78. The fourth-order valence-corrected chi connectivity index (χ4v) is 2.48. The zero-order valence-electron chi connectivity index (χ0n) is 11.2. The fourth-order valence-electron chi connectivity index (χ4n) is 2.48. The number of fused-ring (bicyclic) bond motifs is 1. The van der Waals surface area contributed by atoms with Gasteiger partial charge in [-0.15, -0.1) is 0 Å². The molecule has 1 amide bonds. The second kappa shape index (κ2) is 4.94. The number of hydrogen-bond acceptors (Lipinski definition) is 3. The van der Waals surface area contributed by atoms with E-state index in [0.717, 1.165) is 0 Å². The molecule has 1 aromatic carbocycles. The van der Waals surface area contributed by atoms with E-state index in [1.54, 1.807) is 0 Å². The van der Waals surface area contributed by atoms with Crippen LogP contribution >= 0.6 is 0 Å². The molecule has 0 aromatic heterocycles. The van der Waals surface area contributed by atoms with Gasteiger partial charge in [-0.1, -0.05) is 6.07 Å². The molecule has 0 fully saturated rings. The quantitative estimate of drug-likeness (QED) is 0.906. The molecule has 1 heterocycles. The van der Waals surface area contributed by atoms with Gasteiger partial charge >= 0.3 is 18.1 Å². The molecule has 0 bridgehead atoms. The van der Waals surface area contributed by atoms with Gasteiger partial charge < -0.3 is 9.84 Å². The van der Waals surface area contributed by atoms with Crippen molar-refractivity contribution >= 4 is 17.6 Å². The monoisotopic (exact) mass is 303 g/mol. The minimum Gasteiger partial charge on any atom is -0.496 e. The summed E-state index contributed by atoms with van der Waals surface area (Å²) >= 11 is 0. The number of carbonyl (C=O) groups excluding carboxylic acids is 1. The van der Waals surface area contributed by atoms with Crippen molar-refractivity contribution in [3.05, 3.63) is 23.3 Å². The van der Waals surface area contributed by atoms with E-state index in [0.29, 0.717) is 16.0 Å². The summed E-state index contributed by atoms with van der Waals surface area (Å²) in [5, 5.41) is 9.12. The van der Waals surface area contributed by atoms with Gasteiger partial charge in [0.25, 0.3) is 0 Å². The summed E-state index contributed by atoms with van der Waals surface area (Å²) in [6.45, 7) is 1.51. The van der Waals surface area contributed by atoms with Crippen molar-refractivity contribution < 1.29 is 32.6 Å². The number of halogens is 3. The van der Waals surface area contributed by atoms with Crippen LogP contribution in [0, 0.1) is 6.92 Å². The number of aliphatic carboxylic acids is 1. The van der Waals surface area contributed by atoms with Crippen LogP contribution in [0.1, 0.15) is 11.1 Å². The van der Waals surface area contributed by atoms with Crippen LogP contribution in [-0.2, 0) is 16.0 Å². The SMILES string of the molecule is COc1ccc(C)c2c1CC(C(=O)O)N2C(=O)C(F)(F)F. The Hall–Kier alpha value is -2.25. The first-order valence-electron chi connectivity index (χ1n) is 5.98. The lowest BCUT2D eigenvalue weighted by molar-refractivity contribution is -0.171. The molecule has 1 N–H and O–H groups in total. The van der Waals surface area contributed by atoms with E-state index in [1.807, 2.05) is 0 Å². The number of ether oxygens (including phenoxy) is 1. The van der Waals surface area contributed by atoms with Crippen molar-refractivity contribution in [2.24, 2.45) is 0 Å². The van der Waals surface area contributed by atoms with E-state index in [2.05, 4.69) is 0 Å². The maximum Gasteiger partial charge on any atom is 0.471 e. The summed E-state index contributed by atoms with van der Waals surface area (Å²) in [7, 11) is 1.33. The maximum atomic E-state index is 12.7. The van der Waals surface area contributed by atoms with Crippen LogP contribution in [0.3, 0.4) is 0 Å². The number of methoxy groups -OCH3 is 1. The van der Waals surface area contributed by atoms with Crippen LogP contribution in [-0.4, -0.2) is 36.3 Å². The number of anilines is 1. The van der Waals surface area contributed by atoms with E-state index in [1.165, 1.54) is 26.2 Å². The summed E-state index contributed by atoms with van der Waals surface area (Å²) in [4.78, 5) is 23.1. The van der Waals surface area contributed by atoms with Crippen molar-refractivity contribution in [1.29, 1.82) is 0 Å². The van der Waals surface area contributed by atoms with Crippen molar-refractivity contribution in [1.82, 2.24) is 0 Å². The van der Waals surface area contributed by atoms with E-state index in [4.69, 9.17) is 9.84 Å². The van der Waals surface area contributed by atoms with Crippen molar-refractivity contribution in [3.8, 4) is 5.75 Å². The van der Waals surface area contributed by atoms with Gasteiger partial charge in [-0.2, -0.15) is 13.2 Å². The van der Waals surface area contributed by atoms with E-state index in [-0.39, 0.29) is 17.9 Å². The second-order valence-corrected chi connectivity index (χ2v) is 4.64. The number of rotatable bonds is 2. The first kappa shape index (κ1) is 15.1. The Balaban J connectivity index is 2.63. The smallest absolute Gasteiger partial charge is 0.471 e. The molecule has 1 aromatic rings. The molecule has 2 rings (SSSR count). The molecular weight excluding hydrogens is 291 g/mol. The topological polar surface area (TPSA) is 66.8 Å². The number of amides is 1. The Morgan fingerprint density at radius 3 is 2.48 bits per heavy atom. The Morgan fingerprint density at radius 1 is 1.38 bits per heavy atom. The molecule has 0 radical (unpaired) electrons. The van der Waals surface area contributed by atoms with E-state index >= 15 is 0 Å². The van der Waals surface area contributed by atoms with Crippen LogP contribution in [0.25, 0.3) is 0 Å². The standard InChI is InChI=1S/C13H12F3NO4/c1-6-3-4-9(21-2)7-5-8(11(18)19)17(10(6)7)12(20)13(14,15)16/h3-4,8H,5H2,1-2H3,(H,18,19). The number of carboxylic acid groups (broad SMARTS) is 1. The first-order valence-corrected chi connectivity index (χ1v) is 5.98. The largest absolute Gasteiger partial charge is 0.496 e. The number of aryl methyl sites for hydroxylation is 1. The number of carboxylic acids is 1. The molecule has 8 heteroatoms. The van der Waals surface area contributed by atoms with Gasteiger partial charge in [-0.05, 0) is 18.6 Å². The van der Waals surface area contributed by atoms with Gasteiger partial charge in [0.05, 0.1) is 12.8 Å². The van der Waals surface area contributed by atoms with Crippen LogP contribution < -0.4 is 9.64 Å². The molecule has 1 aliphatic rings. The van der Waals surface area contributed by atoms with Crippen LogP contribution in [0.5, 0.6) is 5.75 Å². The molecule has 5 nitrogen and oxygen atoms in total. The number of benzene rings is 1. The second-order valence-electron chi connectivity index (χ2n) is 4.64. The molecule has 1 atom stereocenters. The Labute approximate surface area is 117 Å². The third-order valence-corrected chi connectivity index (χ3v) is 3.36. The predicted octanol–water partition coefficient (Wildman–Crippen LogP) is 1.91. The van der Waals surface area contributed by atoms with Gasteiger partial charge in [0, 0.05) is 12.0 Å². The lowest BCUT2D eigenvalue weighted by Crippen LogP contribution is -2.49. The van der Waals surface area contributed by atoms with Crippen LogP contribution in [0.2, 0.25) is 0 Å². The van der Waals surface area contributed by atoms with Gasteiger partial charge in [0.1, 0.15) is 11.8 Å². The number of hydrogen-bond donors (Lipinski definition) is 1. The summed E-state index contributed by atoms with van der Waals surface area (Å²) in [6.07, 6.45) is -5.37. The predicted molar refractivity (Wildman–Crippen MR) is 66.4 cm³/mol. The molecule has 21 heavy (non-hydrogen) atoms. The highest BCUT2D eigenvalue weighted by molar-refractivity contribution is 6.05. The molecule has 1 aliphatic heterocycles. The van der Waals surface area contributed by atoms with Crippen LogP contribution in [0.4, 0.5) is 18.9 Å². The van der Waals surface area contributed by atoms with Crippen molar-refractivity contribution in [3.63, 3.8) is 0 Å². The number of carbonyl (C=O) groups is 2. The zero-order valence-corrected chi connectivity index (χ0v) is 11.2. The summed E-state index contributed by atoms with van der Waals surface area (Å²) in [5.74, 6) is -3.42. The average molecular weight is 303 g/mol. The third-order valence-electron chi connectivity index (χ3n) is 3.36. The normalized spacial score (nSPS) is 17.6. The van der Waals surface area contributed by atoms with Crippen LogP contribution in [0.15, 0.2) is 12.1 Å². The lowest BCUT2D eigenvalue weighted by atomic mass is 10.1. The summed E-state index contributed by atoms with van der Waals surface area (Å²) in [5.41, 5.74) is 0.638. The fraction of sp³-hybridized carbons (Fsp3) is 0.385. The van der Waals surface area contributed by atoms with E-state index < -0.39 is 24.1 Å². The van der Waals surface area contributed by atoms with Gasteiger partial charge in [-0.3, -0.25) is 9.69 Å². The molecule has 0 aliphatic carbocycles. The Kier molecular flexibility index (Phi) is 3.56. The van der Waals surface area contributed by atoms with Gasteiger partial charge in [-0.25, -0.2) is 4.79 Å². The van der Waals surface area contributed by atoms with Crippen molar-refractivity contribution in [2.45, 2.75) is 25.6 Å². The Morgan fingerprint density at radius 2 is 2.00 bits per heavy atom. The molecule has 0 spiro atoms. The van der Waals surface area contributed by atoms with Crippen molar-refractivity contribution in [2.75, 3.05) is 12.0 Å². The Bertz CT molecular complexity index is 612. The van der Waals surface area contributed by atoms with E-state index in [9.17, 15) is 22.8 Å². The highest BCUT2D eigenvalue weighted by atomic mass is 19.4. The van der Waals surface area contributed by atoms with Gasteiger partial charge in [0.15, 0.2) is 0 Å². The molecule has 1 unspecified atom stereocenters. The van der Waals surface area contributed by atoms with Gasteiger partial charge in [0.2, 0.25) is 0 Å². The minimum atomic E-state index is -5.15. The summed E-state index contributed by atoms with van der Waals surface area (Å²) < 4.78 is 43.2. The molecule has 0 saturated heterocycles. The number of nitrogens with zero attached hydrogens (tertiary/aromatic N) is 1. The first-order chi connectivity index (χ1) is 9.68. The lowest BCUT2D eigenvalue weighted by Gasteiger charge is -2.24. The third kappa shape index (κ3) is 2.41. The number of alkyl halides is 3. The minimum absolute atomic E-state index is 0.0379. The molecule has 0 saturated carbocycles. The highest BCUT2D eigenvalue weighted by Crippen LogP contribution is 2.42.